The number of nitrogens with zero attached hydrogens (tertiary/aromatic N) is 3. The van der Waals surface area contributed by atoms with Gasteiger partial charge in [0.2, 0.25) is 5.91 Å². The first-order chi connectivity index (χ1) is 12.0. The fourth-order valence-electron chi connectivity index (χ4n) is 3.53. The van der Waals surface area contributed by atoms with E-state index in [1.165, 1.54) is 0 Å². The number of carbonyl (C=O) groups excluding carboxylic acids is 1. The van der Waals surface area contributed by atoms with Crippen molar-refractivity contribution in [1.82, 2.24) is 19.8 Å². The second-order valence-corrected chi connectivity index (χ2v) is 6.54. The number of para-hydroxylation sites is 2. The molecule has 1 aliphatic rings. The summed E-state index contributed by atoms with van der Waals surface area (Å²) in [6, 6.07) is 6.79. The summed E-state index contributed by atoms with van der Waals surface area (Å²) in [5.74, 6) is 0.401. The number of rotatable bonds is 5. The molecule has 0 spiro atoms. The number of benzene rings is 1. The average molecular weight is 350 g/mol. The summed E-state index contributed by atoms with van der Waals surface area (Å²) in [6.45, 7) is 2.56. The zero-order valence-corrected chi connectivity index (χ0v) is 14.6. The van der Waals surface area contributed by atoms with Crippen LogP contribution in [0.15, 0.2) is 24.3 Å². The lowest BCUT2D eigenvalue weighted by Crippen LogP contribution is -2.48. The topological polar surface area (TPSA) is 50.2 Å². The number of hydrogen-bond donors (Lipinski definition) is 1. The number of piperidine rings is 1. The van der Waals surface area contributed by atoms with E-state index >= 15 is 0 Å². The van der Waals surface area contributed by atoms with Crippen molar-refractivity contribution in [2.45, 2.75) is 51.7 Å². The molecule has 5 nitrogen and oxygen atoms in total. The molecule has 3 rings (SSSR count). The second-order valence-electron chi connectivity index (χ2n) is 6.54. The number of nitrogens with one attached hydrogen (secondary N) is 1. The van der Waals surface area contributed by atoms with Crippen molar-refractivity contribution in [3.05, 3.63) is 30.1 Å². The largest absolute Gasteiger partial charge is 0.352 e. The van der Waals surface area contributed by atoms with Crippen LogP contribution in [0.5, 0.6) is 0 Å². The Morgan fingerprint density at radius 3 is 2.88 bits per heavy atom. The van der Waals surface area contributed by atoms with Gasteiger partial charge in [-0.2, -0.15) is 8.78 Å². The molecule has 1 aromatic carbocycles. The molecular formula is C18H24F2N4O. The summed E-state index contributed by atoms with van der Waals surface area (Å²) in [5, 5.41) is 3.01. The molecule has 1 amide bonds. The van der Waals surface area contributed by atoms with E-state index in [1.807, 2.05) is 13.8 Å². The molecule has 1 aromatic heterocycles. The van der Waals surface area contributed by atoms with E-state index < -0.39 is 6.55 Å². The molecule has 0 aliphatic carbocycles. The van der Waals surface area contributed by atoms with Gasteiger partial charge in [0.1, 0.15) is 5.82 Å². The van der Waals surface area contributed by atoms with Crippen LogP contribution >= 0.6 is 0 Å². The Labute approximate surface area is 146 Å². The summed E-state index contributed by atoms with van der Waals surface area (Å²) < 4.78 is 28.3. The van der Waals surface area contributed by atoms with Gasteiger partial charge in [0.05, 0.1) is 17.1 Å². The van der Waals surface area contributed by atoms with Gasteiger partial charge in [-0.25, -0.2) is 4.98 Å². The molecule has 2 aromatic rings. The average Bonchev–Trinajstić information content (AvgIpc) is 3.00. The van der Waals surface area contributed by atoms with Crippen LogP contribution in [0.2, 0.25) is 0 Å². The SMILES string of the molecule is CCC(=O)NC1CCCN(C(C)c2nc3ccccc3n2C(F)F)C1. The lowest BCUT2D eigenvalue weighted by atomic mass is 10.0. The maximum Gasteiger partial charge on any atom is 0.320 e. The third-order valence-electron chi connectivity index (χ3n) is 4.88. The molecule has 2 atom stereocenters. The molecule has 0 radical (unpaired) electrons. The zero-order valence-electron chi connectivity index (χ0n) is 14.6. The fraction of sp³-hybridized carbons (Fsp3) is 0.556. The Morgan fingerprint density at radius 1 is 1.40 bits per heavy atom. The van der Waals surface area contributed by atoms with Crippen LogP contribution in [-0.2, 0) is 4.79 Å². The van der Waals surface area contributed by atoms with Crippen LogP contribution in [-0.4, -0.2) is 39.5 Å². The van der Waals surface area contributed by atoms with Crippen molar-refractivity contribution in [3.8, 4) is 0 Å². The van der Waals surface area contributed by atoms with Gasteiger partial charge in [0.25, 0.3) is 0 Å². The minimum atomic E-state index is -2.63. The van der Waals surface area contributed by atoms with Crippen molar-refractivity contribution < 1.29 is 13.6 Å². The first-order valence-corrected chi connectivity index (χ1v) is 8.79. The molecule has 136 valence electrons. The molecule has 1 saturated heterocycles. The Hall–Kier alpha value is -2.02. The van der Waals surface area contributed by atoms with Crippen molar-refractivity contribution in [3.63, 3.8) is 0 Å². The second kappa shape index (κ2) is 7.47. The molecule has 1 N–H and O–H groups in total. The van der Waals surface area contributed by atoms with E-state index in [0.29, 0.717) is 29.8 Å². The van der Waals surface area contributed by atoms with Crippen LogP contribution in [0.3, 0.4) is 0 Å². The number of carbonyl (C=O) groups is 1. The van der Waals surface area contributed by atoms with Crippen molar-refractivity contribution >= 4 is 16.9 Å². The Kier molecular flexibility index (Phi) is 5.32. The molecule has 7 heteroatoms. The fourth-order valence-corrected chi connectivity index (χ4v) is 3.53. The van der Waals surface area contributed by atoms with E-state index in [4.69, 9.17) is 0 Å². The van der Waals surface area contributed by atoms with Crippen molar-refractivity contribution in [2.24, 2.45) is 0 Å². The number of fused-ring (bicyclic) bond motifs is 1. The Bertz CT molecular complexity index is 746. The molecule has 25 heavy (non-hydrogen) atoms. The smallest absolute Gasteiger partial charge is 0.320 e. The minimum absolute atomic E-state index is 0.0272. The number of likely N-dealkylation sites (tertiary alicyclic amines) is 1. The quantitative estimate of drug-likeness (QED) is 0.898. The van der Waals surface area contributed by atoms with Crippen LogP contribution < -0.4 is 5.32 Å². The third-order valence-corrected chi connectivity index (χ3v) is 4.88. The predicted molar refractivity (Wildman–Crippen MR) is 92.4 cm³/mol. The van der Waals surface area contributed by atoms with E-state index in [-0.39, 0.29) is 18.0 Å². The van der Waals surface area contributed by atoms with Gasteiger partial charge >= 0.3 is 6.55 Å². The number of imidazole rings is 1. The molecular weight excluding hydrogens is 326 g/mol. The molecule has 1 aliphatic heterocycles. The maximum absolute atomic E-state index is 13.7. The number of halogens is 2. The van der Waals surface area contributed by atoms with Crippen LogP contribution in [0.1, 0.15) is 51.5 Å². The van der Waals surface area contributed by atoms with Gasteiger partial charge in [-0.3, -0.25) is 14.3 Å². The van der Waals surface area contributed by atoms with Gasteiger partial charge in [-0.1, -0.05) is 19.1 Å². The van der Waals surface area contributed by atoms with E-state index in [9.17, 15) is 13.6 Å². The molecule has 0 bridgehead atoms. The number of aromatic nitrogens is 2. The lowest BCUT2D eigenvalue weighted by molar-refractivity contribution is -0.121. The van der Waals surface area contributed by atoms with Crippen LogP contribution in [0.4, 0.5) is 8.78 Å². The number of amides is 1. The van der Waals surface area contributed by atoms with Crippen LogP contribution in [0, 0.1) is 0 Å². The number of hydrogen-bond acceptors (Lipinski definition) is 3. The highest BCUT2D eigenvalue weighted by Gasteiger charge is 2.29. The van der Waals surface area contributed by atoms with Crippen molar-refractivity contribution in [2.75, 3.05) is 13.1 Å². The summed E-state index contributed by atoms with van der Waals surface area (Å²) in [7, 11) is 0. The lowest BCUT2D eigenvalue weighted by Gasteiger charge is -2.36. The van der Waals surface area contributed by atoms with E-state index in [1.54, 1.807) is 24.3 Å². The van der Waals surface area contributed by atoms with Crippen LogP contribution in [0.25, 0.3) is 11.0 Å². The number of alkyl halides is 2. The first kappa shape index (κ1) is 17.8. The van der Waals surface area contributed by atoms with Gasteiger partial charge in [0, 0.05) is 19.0 Å². The molecule has 0 saturated carbocycles. The maximum atomic E-state index is 13.7. The monoisotopic (exact) mass is 350 g/mol. The first-order valence-electron chi connectivity index (χ1n) is 8.79. The Morgan fingerprint density at radius 2 is 2.16 bits per heavy atom. The summed E-state index contributed by atoms with van der Waals surface area (Å²) in [5.41, 5.74) is 1.03. The molecule has 1 fully saturated rings. The summed E-state index contributed by atoms with van der Waals surface area (Å²) in [4.78, 5) is 18.2. The van der Waals surface area contributed by atoms with Gasteiger partial charge in [-0.05, 0) is 38.4 Å². The highest BCUT2D eigenvalue weighted by molar-refractivity contribution is 5.76. The minimum Gasteiger partial charge on any atom is -0.352 e. The van der Waals surface area contributed by atoms with Gasteiger partial charge in [0.15, 0.2) is 0 Å². The molecule has 2 unspecified atom stereocenters. The zero-order chi connectivity index (χ0) is 18.0. The third kappa shape index (κ3) is 3.66. The highest BCUT2D eigenvalue weighted by atomic mass is 19.3. The molecule has 2 heterocycles. The van der Waals surface area contributed by atoms with Crippen molar-refractivity contribution in [1.29, 1.82) is 0 Å². The summed E-state index contributed by atoms with van der Waals surface area (Å²) in [6.07, 6.45) is 2.29. The van der Waals surface area contributed by atoms with E-state index in [2.05, 4.69) is 15.2 Å². The summed E-state index contributed by atoms with van der Waals surface area (Å²) >= 11 is 0. The Balaban J connectivity index is 1.85. The highest BCUT2D eigenvalue weighted by Crippen LogP contribution is 2.30. The van der Waals surface area contributed by atoms with Gasteiger partial charge < -0.3 is 5.32 Å². The van der Waals surface area contributed by atoms with E-state index in [0.717, 1.165) is 24.0 Å². The van der Waals surface area contributed by atoms with Gasteiger partial charge in [-0.15, -0.1) is 0 Å². The normalized spacial score (nSPS) is 20.1. The predicted octanol–water partition coefficient (Wildman–Crippen LogP) is 3.48. The standard InChI is InChI=1S/C18H24F2N4O/c1-3-16(25)21-13-7-6-10-23(11-13)12(2)17-22-14-8-4-5-9-15(14)24(17)18(19)20/h4-5,8-9,12-13,18H,3,6-7,10-11H2,1-2H3,(H,21,25).